The fourth-order valence-electron chi connectivity index (χ4n) is 3.17. The van der Waals surface area contributed by atoms with E-state index in [1.807, 2.05) is 31.2 Å². The Morgan fingerprint density at radius 3 is 2.73 bits per heavy atom. The summed E-state index contributed by atoms with van der Waals surface area (Å²) >= 11 is 0. The lowest BCUT2D eigenvalue weighted by Crippen LogP contribution is -2.31. The molecule has 0 atom stereocenters. The molecule has 30 heavy (non-hydrogen) atoms. The lowest BCUT2D eigenvalue weighted by molar-refractivity contribution is -0.132. The van der Waals surface area contributed by atoms with Crippen molar-refractivity contribution in [2.24, 2.45) is 5.92 Å². The Bertz CT molecular complexity index is 1090. The third-order valence-corrected chi connectivity index (χ3v) is 5.06. The summed E-state index contributed by atoms with van der Waals surface area (Å²) in [7, 11) is 1.70. The summed E-state index contributed by atoms with van der Waals surface area (Å²) in [6.07, 6.45) is 1.90. The Hall–Kier alpha value is -3.48. The molecule has 0 bridgehead atoms. The molecule has 1 aliphatic rings. The highest BCUT2D eigenvalue weighted by atomic mass is 16.5. The van der Waals surface area contributed by atoms with Crippen molar-refractivity contribution in [1.82, 2.24) is 14.9 Å². The Labute approximate surface area is 175 Å². The Kier molecular flexibility index (Phi) is 5.61. The van der Waals surface area contributed by atoms with Crippen molar-refractivity contribution in [3.8, 4) is 5.75 Å². The van der Waals surface area contributed by atoms with Gasteiger partial charge in [-0.15, -0.1) is 0 Å². The molecule has 1 saturated carbocycles. The standard InChI is InChI=1S/C23H24N4O3/c1-15-19-8-3-4-9-20(19)26-21(24-15)13-27(2)22(28)14-30-18-7-5-6-17(12-18)25-23(29)16-10-11-16/h3-9,12,16H,10-11,13-14H2,1-2H3,(H,25,29). The fourth-order valence-corrected chi connectivity index (χ4v) is 3.17. The van der Waals surface area contributed by atoms with E-state index in [1.54, 1.807) is 36.2 Å². The molecule has 2 amide bonds. The van der Waals surface area contributed by atoms with Crippen LogP contribution in [0.25, 0.3) is 10.9 Å². The number of aryl methyl sites for hydroxylation is 1. The van der Waals surface area contributed by atoms with Gasteiger partial charge in [0.15, 0.2) is 6.61 Å². The first-order valence-electron chi connectivity index (χ1n) is 9.99. The van der Waals surface area contributed by atoms with Gasteiger partial charge in [-0.25, -0.2) is 9.97 Å². The predicted octanol–water partition coefficient (Wildman–Crippen LogP) is 3.32. The summed E-state index contributed by atoms with van der Waals surface area (Å²) < 4.78 is 5.64. The number of nitrogens with one attached hydrogen (secondary N) is 1. The van der Waals surface area contributed by atoms with Gasteiger partial charge in [0.25, 0.3) is 5.91 Å². The molecule has 1 N–H and O–H groups in total. The Morgan fingerprint density at radius 1 is 1.13 bits per heavy atom. The van der Waals surface area contributed by atoms with Crippen LogP contribution in [0.15, 0.2) is 48.5 Å². The van der Waals surface area contributed by atoms with E-state index in [-0.39, 0.29) is 24.3 Å². The number of ether oxygens (including phenoxy) is 1. The number of para-hydroxylation sites is 1. The predicted molar refractivity (Wildman–Crippen MR) is 114 cm³/mol. The van der Waals surface area contributed by atoms with Crippen LogP contribution in [0, 0.1) is 12.8 Å². The molecule has 1 aromatic heterocycles. The van der Waals surface area contributed by atoms with E-state index in [4.69, 9.17) is 4.74 Å². The topological polar surface area (TPSA) is 84.4 Å². The van der Waals surface area contributed by atoms with Crippen molar-refractivity contribution in [3.63, 3.8) is 0 Å². The second-order valence-electron chi connectivity index (χ2n) is 7.57. The van der Waals surface area contributed by atoms with E-state index in [0.717, 1.165) is 29.4 Å². The number of hydrogen-bond acceptors (Lipinski definition) is 5. The first-order chi connectivity index (χ1) is 14.5. The van der Waals surface area contributed by atoms with E-state index in [2.05, 4.69) is 15.3 Å². The van der Waals surface area contributed by atoms with Crippen molar-refractivity contribution < 1.29 is 14.3 Å². The number of fused-ring (bicyclic) bond motifs is 1. The molecule has 1 fully saturated rings. The maximum Gasteiger partial charge on any atom is 0.260 e. The van der Waals surface area contributed by atoms with Crippen LogP contribution in [-0.2, 0) is 16.1 Å². The zero-order valence-corrected chi connectivity index (χ0v) is 17.1. The summed E-state index contributed by atoms with van der Waals surface area (Å²) in [5.74, 6) is 1.10. The molecule has 154 valence electrons. The van der Waals surface area contributed by atoms with Gasteiger partial charge in [0.1, 0.15) is 11.6 Å². The number of hydrogen-bond donors (Lipinski definition) is 1. The molecule has 3 aromatic rings. The number of nitrogens with zero attached hydrogens (tertiary/aromatic N) is 3. The highest BCUT2D eigenvalue weighted by molar-refractivity contribution is 5.94. The van der Waals surface area contributed by atoms with Gasteiger partial charge in [0.05, 0.1) is 12.1 Å². The second-order valence-corrected chi connectivity index (χ2v) is 7.57. The number of anilines is 1. The maximum absolute atomic E-state index is 12.5. The molecule has 2 aromatic carbocycles. The van der Waals surface area contributed by atoms with E-state index in [0.29, 0.717) is 23.8 Å². The maximum atomic E-state index is 12.5. The largest absolute Gasteiger partial charge is 0.484 e. The minimum atomic E-state index is -0.183. The molecule has 7 nitrogen and oxygen atoms in total. The third kappa shape index (κ3) is 4.74. The second kappa shape index (κ2) is 8.49. The summed E-state index contributed by atoms with van der Waals surface area (Å²) in [6.45, 7) is 2.13. The van der Waals surface area contributed by atoms with Crippen molar-refractivity contribution in [3.05, 3.63) is 60.0 Å². The number of amides is 2. The molecule has 1 aliphatic carbocycles. The molecule has 0 unspecified atom stereocenters. The zero-order chi connectivity index (χ0) is 21.1. The summed E-state index contributed by atoms with van der Waals surface area (Å²) in [5.41, 5.74) is 2.42. The Morgan fingerprint density at radius 2 is 1.93 bits per heavy atom. The molecule has 1 heterocycles. The average molecular weight is 404 g/mol. The van der Waals surface area contributed by atoms with E-state index < -0.39 is 0 Å². The van der Waals surface area contributed by atoms with Crippen LogP contribution in [0.4, 0.5) is 5.69 Å². The summed E-state index contributed by atoms with van der Waals surface area (Å²) in [4.78, 5) is 35.0. The summed E-state index contributed by atoms with van der Waals surface area (Å²) in [5, 5.41) is 3.88. The van der Waals surface area contributed by atoms with Gasteiger partial charge in [-0.05, 0) is 38.0 Å². The van der Waals surface area contributed by atoms with Crippen molar-refractivity contribution in [1.29, 1.82) is 0 Å². The molecular weight excluding hydrogens is 380 g/mol. The highest BCUT2D eigenvalue weighted by Gasteiger charge is 2.29. The zero-order valence-electron chi connectivity index (χ0n) is 17.1. The fraction of sp³-hybridized carbons (Fsp3) is 0.304. The van der Waals surface area contributed by atoms with Gasteiger partial charge >= 0.3 is 0 Å². The number of carbonyl (C=O) groups excluding carboxylic acids is 2. The van der Waals surface area contributed by atoms with Gasteiger partial charge in [-0.1, -0.05) is 24.3 Å². The summed E-state index contributed by atoms with van der Waals surface area (Å²) in [6, 6.07) is 14.9. The monoisotopic (exact) mass is 404 g/mol. The van der Waals surface area contributed by atoms with Crippen molar-refractivity contribution in [2.45, 2.75) is 26.3 Å². The van der Waals surface area contributed by atoms with E-state index in [1.165, 1.54) is 0 Å². The van der Waals surface area contributed by atoms with Crippen LogP contribution in [-0.4, -0.2) is 40.3 Å². The van der Waals surface area contributed by atoms with Gasteiger partial charge in [0, 0.05) is 35.8 Å². The van der Waals surface area contributed by atoms with E-state index >= 15 is 0 Å². The Balaban J connectivity index is 1.34. The molecule has 7 heteroatoms. The quantitative estimate of drug-likeness (QED) is 0.653. The number of rotatable bonds is 7. The molecular formula is C23H24N4O3. The van der Waals surface area contributed by atoms with Crippen LogP contribution in [0.5, 0.6) is 5.75 Å². The molecule has 0 spiro atoms. The average Bonchev–Trinajstić information content (AvgIpc) is 3.58. The minimum Gasteiger partial charge on any atom is -0.484 e. The van der Waals surface area contributed by atoms with Crippen LogP contribution < -0.4 is 10.1 Å². The van der Waals surface area contributed by atoms with Crippen LogP contribution in [0.2, 0.25) is 0 Å². The molecule has 4 rings (SSSR count). The minimum absolute atomic E-state index is 0.0358. The van der Waals surface area contributed by atoms with Crippen molar-refractivity contribution in [2.75, 3.05) is 19.0 Å². The van der Waals surface area contributed by atoms with Gasteiger partial charge < -0.3 is 15.0 Å². The lowest BCUT2D eigenvalue weighted by atomic mass is 10.2. The van der Waals surface area contributed by atoms with E-state index in [9.17, 15) is 9.59 Å². The van der Waals surface area contributed by atoms with Crippen LogP contribution >= 0.6 is 0 Å². The SMILES string of the molecule is Cc1nc(CN(C)C(=O)COc2cccc(NC(=O)C3CC3)c2)nc2ccccc12. The van der Waals surface area contributed by atoms with Gasteiger partial charge in [0.2, 0.25) is 5.91 Å². The molecule has 0 aliphatic heterocycles. The number of likely N-dealkylation sites (N-methyl/N-ethyl adjacent to an activating group) is 1. The number of aromatic nitrogens is 2. The van der Waals surface area contributed by atoms with Gasteiger partial charge in [-0.3, -0.25) is 9.59 Å². The first kappa shape index (κ1) is 19.8. The lowest BCUT2D eigenvalue weighted by Gasteiger charge is -2.17. The third-order valence-electron chi connectivity index (χ3n) is 5.06. The highest BCUT2D eigenvalue weighted by Crippen LogP contribution is 2.30. The van der Waals surface area contributed by atoms with Crippen molar-refractivity contribution >= 4 is 28.4 Å². The smallest absolute Gasteiger partial charge is 0.260 e. The molecule has 0 radical (unpaired) electrons. The first-order valence-corrected chi connectivity index (χ1v) is 9.99. The number of benzene rings is 2. The molecule has 0 saturated heterocycles. The van der Waals surface area contributed by atoms with Gasteiger partial charge in [-0.2, -0.15) is 0 Å². The van der Waals surface area contributed by atoms with Crippen LogP contribution in [0.3, 0.4) is 0 Å². The normalized spacial score (nSPS) is 13.1. The number of carbonyl (C=O) groups is 2. The van der Waals surface area contributed by atoms with Crippen LogP contribution in [0.1, 0.15) is 24.4 Å².